The standard InChI is InChI=1S/C31H27F2N3O4S/c1-41-26-10-6-5-9-22(26)28(21-11-12-23(32)24(33)17-21)36-27-19-39-16-15-34(27)31(38)29-30(25(37)13-14-35(29)36)40-18-20-7-3-2-4-8-20/h2-14,17,27-28H,15-16,18-19H2,1H3/t27-,28+/m1/s1. The number of rotatable bonds is 7. The van der Waals surface area contributed by atoms with Crippen molar-refractivity contribution in [1.29, 1.82) is 0 Å². The molecule has 2 atom stereocenters. The lowest BCUT2D eigenvalue weighted by atomic mass is 9.96. The van der Waals surface area contributed by atoms with E-state index in [1.54, 1.807) is 15.6 Å². The summed E-state index contributed by atoms with van der Waals surface area (Å²) in [7, 11) is 0. The second-order valence-corrected chi connectivity index (χ2v) is 10.6. The van der Waals surface area contributed by atoms with Gasteiger partial charge in [0.2, 0.25) is 5.43 Å². The van der Waals surface area contributed by atoms with Gasteiger partial charge in [-0.2, -0.15) is 0 Å². The largest absolute Gasteiger partial charge is 0.482 e. The number of morpholine rings is 1. The van der Waals surface area contributed by atoms with Crippen molar-refractivity contribution >= 4 is 17.7 Å². The van der Waals surface area contributed by atoms with Gasteiger partial charge in [0.1, 0.15) is 12.8 Å². The van der Waals surface area contributed by atoms with Gasteiger partial charge in [-0.3, -0.25) is 19.3 Å². The fourth-order valence-electron chi connectivity index (χ4n) is 5.44. The molecule has 0 saturated carbocycles. The number of aromatic nitrogens is 1. The van der Waals surface area contributed by atoms with E-state index in [4.69, 9.17) is 9.47 Å². The van der Waals surface area contributed by atoms with Crippen molar-refractivity contribution in [2.75, 3.05) is 31.0 Å². The van der Waals surface area contributed by atoms with Crippen LogP contribution in [0, 0.1) is 11.6 Å². The minimum Gasteiger partial charge on any atom is -0.482 e. The quantitative estimate of drug-likeness (QED) is 0.290. The maximum Gasteiger partial charge on any atom is 0.278 e. The number of halogens is 2. The SMILES string of the molecule is CSc1ccccc1[C@H](c1ccc(F)c(F)c1)N1[C@@H]2COCCN2C(=O)c2c(OCc3ccccc3)c(=O)ccn21. The molecule has 10 heteroatoms. The summed E-state index contributed by atoms with van der Waals surface area (Å²) in [6.45, 7) is 0.883. The van der Waals surface area contributed by atoms with Gasteiger partial charge < -0.3 is 14.4 Å². The molecular formula is C31H27F2N3O4S. The van der Waals surface area contributed by atoms with E-state index in [9.17, 15) is 18.4 Å². The number of hydrogen-bond donors (Lipinski definition) is 0. The maximum absolute atomic E-state index is 14.7. The fraction of sp³-hybridized carbons (Fsp3) is 0.226. The van der Waals surface area contributed by atoms with Gasteiger partial charge >= 0.3 is 0 Å². The number of benzene rings is 3. The Morgan fingerprint density at radius 1 is 1.00 bits per heavy atom. The van der Waals surface area contributed by atoms with E-state index in [-0.39, 0.29) is 37.1 Å². The zero-order valence-electron chi connectivity index (χ0n) is 22.2. The first-order valence-corrected chi connectivity index (χ1v) is 14.4. The molecule has 0 radical (unpaired) electrons. The minimum absolute atomic E-state index is 0.0702. The Balaban J connectivity index is 1.57. The van der Waals surface area contributed by atoms with Crippen LogP contribution in [0.5, 0.6) is 5.75 Å². The summed E-state index contributed by atoms with van der Waals surface area (Å²) in [5.74, 6) is -2.37. The van der Waals surface area contributed by atoms with Crippen LogP contribution in [-0.4, -0.2) is 47.7 Å². The number of thioether (sulfide) groups is 1. The molecule has 6 rings (SSSR count). The minimum atomic E-state index is -0.981. The monoisotopic (exact) mass is 575 g/mol. The molecule has 4 aromatic rings. The Hall–Kier alpha value is -4.15. The zero-order valence-corrected chi connectivity index (χ0v) is 23.0. The zero-order chi connectivity index (χ0) is 28.5. The van der Waals surface area contributed by atoms with Crippen LogP contribution in [0.2, 0.25) is 0 Å². The predicted octanol–water partition coefficient (Wildman–Crippen LogP) is 4.97. The molecule has 0 N–H and O–H groups in total. The maximum atomic E-state index is 14.7. The molecule has 1 amide bonds. The fourth-order valence-corrected chi connectivity index (χ4v) is 6.07. The summed E-state index contributed by atoms with van der Waals surface area (Å²) in [4.78, 5) is 29.7. The Morgan fingerprint density at radius 2 is 1.78 bits per heavy atom. The van der Waals surface area contributed by atoms with E-state index in [0.29, 0.717) is 12.2 Å². The highest BCUT2D eigenvalue weighted by atomic mass is 32.2. The number of pyridine rings is 1. The van der Waals surface area contributed by atoms with Gasteiger partial charge in [-0.1, -0.05) is 54.6 Å². The summed E-state index contributed by atoms with van der Waals surface area (Å²) in [6, 6.07) is 21.5. The molecule has 3 heterocycles. The number of carbonyl (C=O) groups is 1. The molecular weight excluding hydrogens is 548 g/mol. The summed E-state index contributed by atoms with van der Waals surface area (Å²) in [5, 5.41) is 1.90. The van der Waals surface area contributed by atoms with Crippen LogP contribution in [-0.2, 0) is 11.3 Å². The highest BCUT2D eigenvalue weighted by molar-refractivity contribution is 7.98. The van der Waals surface area contributed by atoms with Gasteiger partial charge in [-0.05, 0) is 41.1 Å². The number of fused-ring (bicyclic) bond motifs is 2. The van der Waals surface area contributed by atoms with Crippen molar-refractivity contribution in [3.8, 4) is 5.75 Å². The second kappa shape index (κ2) is 11.4. The van der Waals surface area contributed by atoms with Gasteiger partial charge in [0, 0.05) is 23.7 Å². The second-order valence-electron chi connectivity index (χ2n) is 9.73. The van der Waals surface area contributed by atoms with Crippen LogP contribution in [0.15, 0.2) is 94.7 Å². The molecule has 0 spiro atoms. The normalized spacial score (nSPS) is 17.1. The smallest absolute Gasteiger partial charge is 0.278 e. The van der Waals surface area contributed by atoms with E-state index in [1.165, 1.54) is 30.1 Å². The van der Waals surface area contributed by atoms with Crippen molar-refractivity contribution in [3.05, 3.63) is 129 Å². The highest BCUT2D eigenvalue weighted by Gasteiger charge is 2.45. The van der Waals surface area contributed by atoms with Crippen molar-refractivity contribution in [1.82, 2.24) is 9.58 Å². The third kappa shape index (κ3) is 4.98. The molecule has 2 aliphatic rings. The van der Waals surface area contributed by atoms with Gasteiger partial charge in [0.05, 0.1) is 19.3 Å². The summed E-state index contributed by atoms with van der Waals surface area (Å²) >= 11 is 1.52. The lowest BCUT2D eigenvalue weighted by Crippen LogP contribution is -2.66. The van der Waals surface area contributed by atoms with Crippen LogP contribution in [0.4, 0.5) is 8.78 Å². The number of carbonyl (C=O) groups excluding carboxylic acids is 1. The lowest BCUT2D eigenvalue weighted by molar-refractivity contribution is -0.0199. The number of nitrogens with zero attached hydrogens (tertiary/aromatic N) is 3. The van der Waals surface area contributed by atoms with Gasteiger partial charge in [0.15, 0.2) is 23.1 Å². The van der Waals surface area contributed by atoms with Crippen LogP contribution < -0.4 is 15.2 Å². The van der Waals surface area contributed by atoms with E-state index in [0.717, 1.165) is 22.1 Å². The van der Waals surface area contributed by atoms with E-state index in [2.05, 4.69) is 0 Å². The topological polar surface area (TPSA) is 64.0 Å². The third-order valence-corrected chi connectivity index (χ3v) is 8.15. The van der Waals surface area contributed by atoms with Gasteiger partial charge in [-0.25, -0.2) is 8.78 Å². The molecule has 2 aliphatic heterocycles. The van der Waals surface area contributed by atoms with Crippen molar-refractivity contribution in [2.24, 2.45) is 0 Å². The summed E-state index contributed by atoms with van der Waals surface area (Å²) < 4.78 is 42.3. The lowest BCUT2D eigenvalue weighted by Gasteiger charge is -2.51. The average Bonchev–Trinajstić information content (AvgIpc) is 3.00. The summed E-state index contributed by atoms with van der Waals surface area (Å²) in [6.07, 6.45) is 2.88. The first kappa shape index (κ1) is 27.0. The van der Waals surface area contributed by atoms with Crippen LogP contribution >= 0.6 is 11.8 Å². The Labute approximate surface area is 239 Å². The van der Waals surface area contributed by atoms with Crippen molar-refractivity contribution in [3.63, 3.8) is 0 Å². The number of amides is 1. The molecule has 210 valence electrons. The van der Waals surface area contributed by atoms with E-state index >= 15 is 0 Å². The molecule has 0 unspecified atom stereocenters. The van der Waals surface area contributed by atoms with Crippen molar-refractivity contribution < 1.29 is 23.0 Å². The molecule has 1 aromatic heterocycles. The van der Waals surface area contributed by atoms with E-state index < -0.39 is 29.3 Å². The van der Waals surface area contributed by atoms with Crippen LogP contribution in [0.25, 0.3) is 0 Å². The third-order valence-electron chi connectivity index (χ3n) is 7.34. The Bertz CT molecular complexity index is 1650. The number of hydrogen-bond acceptors (Lipinski definition) is 6. The first-order valence-electron chi connectivity index (χ1n) is 13.2. The molecule has 1 saturated heterocycles. The molecule has 3 aromatic carbocycles. The average molecular weight is 576 g/mol. The first-order chi connectivity index (χ1) is 20.0. The van der Waals surface area contributed by atoms with Gasteiger partial charge in [0.25, 0.3) is 5.91 Å². The Morgan fingerprint density at radius 3 is 2.56 bits per heavy atom. The molecule has 7 nitrogen and oxygen atoms in total. The summed E-state index contributed by atoms with van der Waals surface area (Å²) in [5.41, 5.74) is 1.78. The molecule has 41 heavy (non-hydrogen) atoms. The number of ether oxygens (including phenoxy) is 2. The van der Waals surface area contributed by atoms with Gasteiger partial charge in [-0.15, -0.1) is 11.8 Å². The van der Waals surface area contributed by atoms with Crippen molar-refractivity contribution in [2.45, 2.75) is 23.7 Å². The molecule has 1 fully saturated rings. The van der Waals surface area contributed by atoms with Crippen LogP contribution in [0.3, 0.4) is 0 Å². The molecule has 0 aliphatic carbocycles. The van der Waals surface area contributed by atoms with E-state index in [1.807, 2.05) is 65.9 Å². The Kier molecular flexibility index (Phi) is 7.51. The highest BCUT2D eigenvalue weighted by Crippen LogP contribution is 2.39. The van der Waals surface area contributed by atoms with Crippen LogP contribution in [0.1, 0.15) is 33.2 Å². The predicted molar refractivity (Wildman–Crippen MR) is 152 cm³/mol. The molecule has 0 bridgehead atoms.